The smallest absolute Gasteiger partial charge is 0.326 e. The number of rotatable bonds is 10. The van der Waals surface area contributed by atoms with E-state index in [9.17, 15) is 24.6 Å². The molecule has 1 atom stereocenters. The number of carboxylic acids is 1. The van der Waals surface area contributed by atoms with E-state index in [0.717, 1.165) is 16.6 Å². The third-order valence-corrected chi connectivity index (χ3v) is 6.36. The van der Waals surface area contributed by atoms with Crippen LogP contribution in [-0.4, -0.2) is 47.7 Å². The number of aliphatic carboxylic acids is 1. The number of carbonyl (C=O) groups is 2. The molecule has 1 amide bonds. The summed E-state index contributed by atoms with van der Waals surface area (Å²) < 4.78 is 1.27. The Bertz CT molecular complexity index is 1680. The summed E-state index contributed by atoms with van der Waals surface area (Å²) in [6.07, 6.45) is 4.88. The third kappa shape index (κ3) is 5.99. The lowest BCUT2D eigenvalue weighted by atomic mass is 10.1. The van der Waals surface area contributed by atoms with Gasteiger partial charge in [0, 0.05) is 35.4 Å². The van der Waals surface area contributed by atoms with Crippen LogP contribution in [0.2, 0.25) is 0 Å². The SMILES string of the molecule is O=C(Cn1c(-c2ccccc2)cnc(NC(Cc2ccc(O)cc2)C(=O)O)c1=O)NCc1cc2cnccc2[nH]1. The first-order valence-corrected chi connectivity index (χ1v) is 12.5. The number of aromatic amines is 1. The van der Waals surface area contributed by atoms with E-state index in [2.05, 4.69) is 25.6 Å². The molecular weight excluding hydrogens is 512 g/mol. The minimum Gasteiger partial charge on any atom is -0.508 e. The van der Waals surface area contributed by atoms with Gasteiger partial charge in [0.1, 0.15) is 18.3 Å². The Balaban J connectivity index is 1.39. The van der Waals surface area contributed by atoms with Crippen molar-refractivity contribution in [3.63, 3.8) is 0 Å². The summed E-state index contributed by atoms with van der Waals surface area (Å²) in [7, 11) is 0. The van der Waals surface area contributed by atoms with E-state index >= 15 is 0 Å². The number of aromatic nitrogens is 4. The second-order valence-corrected chi connectivity index (χ2v) is 9.19. The van der Waals surface area contributed by atoms with E-state index < -0.39 is 23.5 Å². The molecule has 11 nitrogen and oxygen atoms in total. The molecular formula is C29H26N6O5. The summed E-state index contributed by atoms with van der Waals surface area (Å²) >= 11 is 0. The number of pyridine rings is 1. The second kappa shape index (κ2) is 11.5. The van der Waals surface area contributed by atoms with Gasteiger partial charge in [-0.1, -0.05) is 42.5 Å². The molecule has 2 aromatic carbocycles. The highest BCUT2D eigenvalue weighted by molar-refractivity contribution is 5.80. The Hall–Kier alpha value is -5.45. The van der Waals surface area contributed by atoms with Crippen molar-refractivity contribution in [1.29, 1.82) is 0 Å². The highest BCUT2D eigenvalue weighted by atomic mass is 16.4. The summed E-state index contributed by atoms with van der Waals surface area (Å²) in [4.78, 5) is 50.1. The van der Waals surface area contributed by atoms with Gasteiger partial charge in [-0.2, -0.15) is 0 Å². The average molecular weight is 539 g/mol. The van der Waals surface area contributed by atoms with Crippen molar-refractivity contribution in [2.24, 2.45) is 0 Å². The fourth-order valence-electron chi connectivity index (χ4n) is 4.34. The van der Waals surface area contributed by atoms with Crippen LogP contribution < -0.4 is 16.2 Å². The van der Waals surface area contributed by atoms with Crippen LogP contribution in [0, 0.1) is 0 Å². The molecule has 5 aromatic rings. The number of nitrogens with one attached hydrogen (secondary N) is 3. The summed E-state index contributed by atoms with van der Waals surface area (Å²) in [5.41, 5.74) is 2.77. The molecule has 0 fully saturated rings. The van der Waals surface area contributed by atoms with Gasteiger partial charge in [0.2, 0.25) is 5.91 Å². The maximum absolute atomic E-state index is 13.6. The Morgan fingerprint density at radius 2 is 1.80 bits per heavy atom. The molecule has 0 aliphatic rings. The van der Waals surface area contributed by atoms with Crippen LogP contribution in [0.25, 0.3) is 22.2 Å². The molecule has 0 saturated carbocycles. The van der Waals surface area contributed by atoms with E-state index in [4.69, 9.17) is 0 Å². The maximum Gasteiger partial charge on any atom is 0.326 e. The van der Waals surface area contributed by atoms with Gasteiger partial charge in [0.05, 0.1) is 18.4 Å². The standard InChI is InChI=1S/C29H26N6O5/c36-22-8-6-18(7-9-22)12-24(29(39)40)34-27-28(38)35(25(16-32-27)19-4-2-1-3-5-19)17-26(37)31-15-21-13-20-14-30-11-10-23(20)33-21/h1-11,13-14,16,24,33,36H,12,15,17H2,(H,31,37)(H,32,34)(H,39,40). The number of fused-ring (bicyclic) bond motifs is 1. The van der Waals surface area contributed by atoms with Gasteiger partial charge in [-0.3, -0.25) is 19.1 Å². The van der Waals surface area contributed by atoms with Gasteiger partial charge in [0.25, 0.3) is 5.56 Å². The van der Waals surface area contributed by atoms with Crippen molar-refractivity contribution in [3.05, 3.63) is 107 Å². The highest BCUT2D eigenvalue weighted by Gasteiger charge is 2.22. The number of phenolic OH excluding ortho intramolecular Hbond substituents is 1. The zero-order valence-corrected chi connectivity index (χ0v) is 21.2. The molecule has 5 N–H and O–H groups in total. The van der Waals surface area contributed by atoms with Gasteiger partial charge in [-0.05, 0) is 35.4 Å². The number of carboxylic acid groups (broad SMARTS) is 1. The van der Waals surface area contributed by atoms with Crippen molar-refractivity contribution >= 4 is 28.6 Å². The number of H-pyrrole nitrogens is 1. The Morgan fingerprint density at radius 1 is 1.02 bits per heavy atom. The van der Waals surface area contributed by atoms with Crippen LogP contribution in [0.5, 0.6) is 5.75 Å². The molecule has 3 aromatic heterocycles. The van der Waals surface area contributed by atoms with Crippen LogP contribution in [0.1, 0.15) is 11.3 Å². The molecule has 0 saturated heterocycles. The van der Waals surface area contributed by atoms with Crippen molar-refractivity contribution in [2.45, 2.75) is 25.6 Å². The Kier molecular flexibility index (Phi) is 7.54. The molecule has 1 unspecified atom stereocenters. The van der Waals surface area contributed by atoms with E-state index in [-0.39, 0.29) is 31.1 Å². The zero-order valence-electron chi connectivity index (χ0n) is 21.2. The van der Waals surface area contributed by atoms with Crippen LogP contribution >= 0.6 is 0 Å². The average Bonchev–Trinajstić information content (AvgIpc) is 3.38. The fourth-order valence-corrected chi connectivity index (χ4v) is 4.34. The second-order valence-electron chi connectivity index (χ2n) is 9.19. The number of aromatic hydroxyl groups is 1. The Labute approximate surface area is 228 Å². The van der Waals surface area contributed by atoms with Crippen molar-refractivity contribution < 1.29 is 19.8 Å². The first kappa shape index (κ1) is 26.2. The van der Waals surface area contributed by atoms with Crippen LogP contribution in [0.3, 0.4) is 0 Å². The predicted molar refractivity (Wildman–Crippen MR) is 149 cm³/mol. The molecule has 0 spiro atoms. The summed E-state index contributed by atoms with van der Waals surface area (Å²) in [6.45, 7) is -0.0927. The molecule has 40 heavy (non-hydrogen) atoms. The first-order chi connectivity index (χ1) is 19.4. The Morgan fingerprint density at radius 3 is 2.52 bits per heavy atom. The fraction of sp³-hybridized carbons (Fsp3) is 0.138. The van der Waals surface area contributed by atoms with Crippen LogP contribution in [0.15, 0.2) is 90.1 Å². The van der Waals surface area contributed by atoms with Gasteiger partial charge in [0.15, 0.2) is 5.82 Å². The van der Waals surface area contributed by atoms with Crippen molar-refractivity contribution in [2.75, 3.05) is 5.32 Å². The van der Waals surface area contributed by atoms with Crippen LogP contribution in [-0.2, 0) is 29.1 Å². The minimum absolute atomic E-state index is 0.0394. The molecule has 0 aliphatic carbocycles. The quantitative estimate of drug-likeness (QED) is 0.181. The number of anilines is 1. The van der Waals surface area contributed by atoms with Gasteiger partial charge < -0.3 is 25.8 Å². The summed E-state index contributed by atoms with van der Waals surface area (Å²) in [6, 6.07) is 17.7. The van der Waals surface area contributed by atoms with E-state index in [1.807, 2.05) is 18.2 Å². The number of nitrogens with zero attached hydrogens (tertiary/aromatic N) is 3. The first-order valence-electron chi connectivity index (χ1n) is 12.5. The predicted octanol–water partition coefficient (Wildman–Crippen LogP) is 2.92. The monoisotopic (exact) mass is 538 g/mol. The molecule has 3 heterocycles. The van der Waals surface area contributed by atoms with E-state index in [1.165, 1.54) is 22.9 Å². The number of carbonyl (C=O) groups excluding carboxylic acids is 1. The number of hydrogen-bond acceptors (Lipinski definition) is 7. The highest BCUT2D eigenvalue weighted by Crippen LogP contribution is 2.19. The zero-order chi connectivity index (χ0) is 28.1. The van der Waals surface area contributed by atoms with Gasteiger partial charge >= 0.3 is 5.97 Å². The number of benzene rings is 2. The normalized spacial score (nSPS) is 11.7. The van der Waals surface area contributed by atoms with Crippen molar-refractivity contribution in [1.82, 2.24) is 24.8 Å². The van der Waals surface area contributed by atoms with Crippen molar-refractivity contribution in [3.8, 4) is 17.0 Å². The van der Waals surface area contributed by atoms with Gasteiger partial charge in [-0.25, -0.2) is 9.78 Å². The largest absolute Gasteiger partial charge is 0.508 e. The number of phenols is 1. The topological polar surface area (TPSA) is 162 Å². The number of amides is 1. The third-order valence-electron chi connectivity index (χ3n) is 6.36. The molecule has 0 aliphatic heterocycles. The lowest BCUT2D eigenvalue weighted by Gasteiger charge is -2.18. The molecule has 0 radical (unpaired) electrons. The summed E-state index contributed by atoms with van der Waals surface area (Å²) in [5, 5.41) is 25.8. The van der Waals surface area contributed by atoms with E-state index in [0.29, 0.717) is 16.8 Å². The number of hydrogen-bond donors (Lipinski definition) is 5. The molecule has 202 valence electrons. The van der Waals surface area contributed by atoms with Crippen LogP contribution in [0.4, 0.5) is 5.82 Å². The minimum atomic E-state index is -1.18. The summed E-state index contributed by atoms with van der Waals surface area (Å²) in [5.74, 6) is -1.72. The lowest BCUT2D eigenvalue weighted by Crippen LogP contribution is -2.38. The molecule has 5 rings (SSSR count). The lowest BCUT2D eigenvalue weighted by molar-refractivity contribution is -0.137. The van der Waals surface area contributed by atoms with Gasteiger partial charge in [-0.15, -0.1) is 0 Å². The van der Waals surface area contributed by atoms with E-state index in [1.54, 1.807) is 48.8 Å². The molecule has 0 bridgehead atoms. The maximum atomic E-state index is 13.6. The molecule has 11 heteroatoms.